The third-order valence-corrected chi connectivity index (χ3v) is 4.74. The van der Waals surface area contributed by atoms with Crippen LogP contribution in [0.15, 0.2) is 60.7 Å². The zero-order chi connectivity index (χ0) is 21.0. The number of carbonyl (C=O) groups excluding carboxylic acids is 2. The van der Waals surface area contributed by atoms with Gasteiger partial charge in [-0.3, -0.25) is 4.79 Å². The third-order valence-electron chi connectivity index (χ3n) is 4.24. The lowest BCUT2D eigenvalue weighted by Crippen LogP contribution is -2.16. The standard InChI is InChI=1S/C22H17Cl2NO4/c1-28-20-17(11-15(23)12-18(20)24)21(26)25-19-10-14(13-6-4-3-5-7-13)8-9-16(19)22(27)29-2/h3-12H,1-2H3,(H,25,26). The van der Waals surface area contributed by atoms with Gasteiger partial charge in [0.05, 0.1) is 36.1 Å². The fourth-order valence-corrected chi connectivity index (χ4v) is 3.44. The summed E-state index contributed by atoms with van der Waals surface area (Å²) < 4.78 is 10.1. The molecule has 0 bridgehead atoms. The van der Waals surface area contributed by atoms with Crippen LogP contribution in [0.2, 0.25) is 10.0 Å². The predicted molar refractivity (Wildman–Crippen MR) is 114 cm³/mol. The molecule has 7 heteroatoms. The number of hydrogen-bond acceptors (Lipinski definition) is 4. The van der Waals surface area contributed by atoms with Crippen molar-refractivity contribution in [2.45, 2.75) is 0 Å². The van der Waals surface area contributed by atoms with Crippen molar-refractivity contribution in [2.75, 3.05) is 19.5 Å². The molecule has 1 N–H and O–H groups in total. The van der Waals surface area contributed by atoms with Crippen LogP contribution in [-0.2, 0) is 4.74 Å². The Bertz CT molecular complexity index is 1070. The second-order valence-corrected chi connectivity index (χ2v) is 6.88. The topological polar surface area (TPSA) is 64.6 Å². The van der Waals surface area contributed by atoms with Gasteiger partial charge >= 0.3 is 5.97 Å². The first kappa shape index (κ1) is 20.7. The average molecular weight is 430 g/mol. The highest BCUT2D eigenvalue weighted by atomic mass is 35.5. The van der Waals surface area contributed by atoms with Crippen molar-refractivity contribution in [1.82, 2.24) is 0 Å². The van der Waals surface area contributed by atoms with Crippen LogP contribution in [-0.4, -0.2) is 26.1 Å². The second kappa shape index (κ2) is 8.99. The molecule has 1 amide bonds. The molecule has 0 aromatic heterocycles. The van der Waals surface area contributed by atoms with Gasteiger partial charge in [-0.15, -0.1) is 0 Å². The summed E-state index contributed by atoms with van der Waals surface area (Å²) in [4.78, 5) is 25.1. The van der Waals surface area contributed by atoms with Gasteiger partial charge < -0.3 is 14.8 Å². The molecule has 29 heavy (non-hydrogen) atoms. The molecule has 5 nitrogen and oxygen atoms in total. The van der Waals surface area contributed by atoms with Crippen LogP contribution in [0.1, 0.15) is 20.7 Å². The minimum Gasteiger partial charge on any atom is -0.494 e. The molecular formula is C22H17Cl2NO4. The summed E-state index contributed by atoms with van der Waals surface area (Å²) in [6.07, 6.45) is 0. The Kier molecular flexibility index (Phi) is 6.42. The van der Waals surface area contributed by atoms with Crippen LogP contribution in [0, 0.1) is 0 Å². The van der Waals surface area contributed by atoms with E-state index in [-0.39, 0.29) is 26.9 Å². The Morgan fingerprint density at radius 1 is 0.862 bits per heavy atom. The normalized spacial score (nSPS) is 10.3. The predicted octanol–water partition coefficient (Wildman–Crippen LogP) is 5.71. The number of methoxy groups -OCH3 is 2. The van der Waals surface area contributed by atoms with Gasteiger partial charge in [-0.05, 0) is 35.4 Å². The highest BCUT2D eigenvalue weighted by Crippen LogP contribution is 2.33. The van der Waals surface area contributed by atoms with Crippen molar-refractivity contribution < 1.29 is 19.1 Å². The Morgan fingerprint density at radius 2 is 1.59 bits per heavy atom. The summed E-state index contributed by atoms with van der Waals surface area (Å²) in [5.41, 5.74) is 2.41. The van der Waals surface area contributed by atoms with Gasteiger partial charge in [0.2, 0.25) is 0 Å². The molecule has 0 aliphatic heterocycles. The van der Waals surface area contributed by atoms with E-state index in [1.54, 1.807) is 18.2 Å². The van der Waals surface area contributed by atoms with Crippen LogP contribution in [0.3, 0.4) is 0 Å². The molecule has 0 aliphatic rings. The quantitative estimate of drug-likeness (QED) is 0.527. The fraction of sp³-hybridized carbons (Fsp3) is 0.0909. The molecule has 0 aliphatic carbocycles. The molecule has 3 aromatic carbocycles. The molecule has 0 saturated carbocycles. The molecule has 0 atom stereocenters. The molecule has 0 saturated heterocycles. The van der Waals surface area contributed by atoms with Gasteiger partial charge in [0.25, 0.3) is 5.91 Å². The number of hydrogen-bond donors (Lipinski definition) is 1. The van der Waals surface area contributed by atoms with Crippen molar-refractivity contribution in [3.63, 3.8) is 0 Å². The van der Waals surface area contributed by atoms with Crippen LogP contribution >= 0.6 is 23.2 Å². The van der Waals surface area contributed by atoms with Gasteiger partial charge in [-0.25, -0.2) is 4.79 Å². The first-order valence-corrected chi connectivity index (χ1v) is 9.32. The largest absolute Gasteiger partial charge is 0.494 e. The van der Waals surface area contributed by atoms with Crippen molar-refractivity contribution in [2.24, 2.45) is 0 Å². The number of halogens is 2. The van der Waals surface area contributed by atoms with Crippen LogP contribution in [0.25, 0.3) is 11.1 Å². The summed E-state index contributed by atoms with van der Waals surface area (Å²) in [7, 11) is 2.68. The number of carbonyl (C=O) groups is 2. The summed E-state index contributed by atoms with van der Waals surface area (Å²) in [6.45, 7) is 0. The third kappa shape index (κ3) is 4.53. The van der Waals surface area contributed by atoms with E-state index < -0.39 is 11.9 Å². The molecule has 0 fully saturated rings. The summed E-state index contributed by atoms with van der Waals surface area (Å²) in [5, 5.41) is 3.23. The summed E-state index contributed by atoms with van der Waals surface area (Å²) >= 11 is 12.2. The van der Waals surface area contributed by atoms with Gasteiger partial charge in [0.1, 0.15) is 5.75 Å². The van der Waals surface area contributed by atoms with Gasteiger partial charge in [-0.2, -0.15) is 0 Å². The SMILES string of the molecule is COC(=O)c1ccc(-c2ccccc2)cc1NC(=O)c1cc(Cl)cc(Cl)c1OC. The highest BCUT2D eigenvalue weighted by Gasteiger charge is 2.20. The van der Waals surface area contributed by atoms with E-state index in [0.717, 1.165) is 11.1 Å². The van der Waals surface area contributed by atoms with Crippen LogP contribution < -0.4 is 10.1 Å². The average Bonchev–Trinajstić information content (AvgIpc) is 2.73. The van der Waals surface area contributed by atoms with Crippen molar-refractivity contribution in [3.8, 4) is 16.9 Å². The zero-order valence-corrected chi connectivity index (χ0v) is 17.2. The molecular weight excluding hydrogens is 413 g/mol. The first-order valence-electron chi connectivity index (χ1n) is 8.56. The van der Waals surface area contributed by atoms with Crippen molar-refractivity contribution >= 4 is 40.8 Å². The first-order chi connectivity index (χ1) is 13.9. The maximum atomic E-state index is 12.9. The highest BCUT2D eigenvalue weighted by molar-refractivity contribution is 6.36. The molecule has 3 aromatic rings. The lowest BCUT2D eigenvalue weighted by Gasteiger charge is -2.14. The molecule has 0 radical (unpaired) electrons. The van der Waals surface area contributed by atoms with Gasteiger partial charge in [-0.1, -0.05) is 59.6 Å². The van der Waals surface area contributed by atoms with E-state index >= 15 is 0 Å². The lowest BCUT2D eigenvalue weighted by molar-refractivity contribution is 0.0602. The lowest BCUT2D eigenvalue weighted by atomic mass is 10.0. The van der Waals surface area contributed by atoms with E-state index in [9.17, 15) is 9.59 Å². The maximum absolute atomic E-state index is 12.9. The Labute approximate surface area is 178 Å². The van der Waals surface area contributed by atoms with Crippen LogP contribution in [0.5, 0.6) is 5.75 Å². The molecule has 3 rings (SSSR count). The number of nitrogens with one attached hydrogen (secondary N) is 1. The van der Waals surface area contributed by atoms with Gasteiger partial charge in [0.15, 0.2) is 0 Å². The van der Waals surface area contributed by atoms with E-state index in [1.807, 2.05) is 30.3 Å². The molecule has 148 valence electrons. The number of benzene rings is 3. The van der Waals surface area contributed by atoms with E-state index in [1.165, 1.54) is 26.4 Å². The van der Waals surface area contributed by atoms with E-state index in [4.69, 9.17) is 32.7 Å². The van der Waals surface area contributed by atoms with Crippen LogP contribution in [0.4, 0.5) is 5.69 Å². The number of amides is 1. The number of ether oxygens (including phenoxy) is 2. The smallest absolute Gasteiger partial charge is 0.339 e. The second-order valence-electron chi connectivity index (χ2n) is 6.04. The van der Waals surface area contributed by atoms with E-state index in [0.29, 0.717) is 5.69 Å². The number of rotatable bonds is 5. The van der Waals surface area contributed by atoms with Crippen molar-refractivity contribution in [3.05, 3.63) is 81.8 Å². The Balaban J connectivity index is 2.05. The zero-order valence-electron chi connectivity index (χ0n) is 15.7. The van der Waals surface area contributed by atoms with Gasteiger partial charge in [0, 0.05) is 5.02 Å². The molecule has 0 unspecified atom stereocenters. The summed E-state index contributed by atoms with van der Waals surface area (Å²) in [5.74, 6) is -0.912. The minimum atomic E-state index is -0.573. The maximum Gasteiger partial charge on any atom is 0.339 e. The Hall–Kier alpha value is -3.02. The van der Waals surface area contributed by atoms with Crippen molar-refractivity contribution in [1.29, 1.82) is 0 Å². The summed E-state index contributed by atoms with van der Waals surface area (Å²) in [6, 6.07) is 17.6. The molecule has 0 spiro atoms. The fourth-order valence-electron chi connectivity index (χ4n) is 2.87. The number of esters is 1. The monoisotopic (exact) mass is 429 g/mol. The Morgan fingerprint density at radius 3 is 2.24 bits per heavy atom. The van der Waals surface area contributed by atoms with E-state index in [2.05, 4.69) is 5.32 Å². The minimum absolute atomic E-state index is 0.144. The number of anilines is 1. The molecule has 0 heterocycles.